The van der Waals surface area contributed by atoms with Crippen molar-refractivity contribution in [2.24, 2.45) is 0 Å². The quantitative estimate of drug-likeness (QED) is 0.515. The lowest BCUT2D eigenvalue weighted by Gasteiger charge is -2.41. The zero-order chi connectivity index (χ0) is 10.7. The van der Waals surface area contributed by atoms with Gasteiger partial charge in [0.15, 0.2) is 0 Å². The van der Waals surface area contributed by atoms with Crippen LogP contribution in [0.5, 0.6) is 0 Å². The highest BCUT2D eigenvalue weighted by molar-refractivity contribution is 6.72. The summed E-state index contributed by atoms with van der Waals surface area (Å²) >= 11 is 0. The van der Waals surface area contributed by atoms with Gasteiger partial charge in [-0.15, -0.1) is 6.58 Å². The van der Waals surface area contributed by atoms with Gasteiger partial charge in [0.1, 0.15) is 0 Å². The average molecular weight is 202 g/mol. The van der Waals surface area contributed by atoms with E-state index in [2.05, 4.69) is 34.3 Å². The van der Waals surface area contributed by atoms with E-state index in [-0.39, 0.29) is 5.04 Å². The second kappa shape index (κ2) is 4.40. The first-order valence-corrected chi connectivity index (χ1v) is 6.48. The van der Waals surface area contributed by atoms with Crippen molar-refractivity contribution < 1.29 is 8.85 Å². The SMILES string of the molecule is C=CC(C)[Si](OC)(OC)C(C)(C)C. The summed E-state index contributed by atoms with van der Waals surface area (Å²) in [4.78, 5) is 0. The van der Waals surface area contributed by atoms with Crippen LogP contribution in [0.1, 0.15) is 27.7 Å². The molecule has 1 atom stereocenters. The Morgan fingerprint density at radius 1 is 1.23 bits per heavy atom. The normalized spacial score (nSPS) is 15.5. The number of hydrogen-bond acceptors (Lipinski definition) is 2. The van der Waals surface area contributed by atoms with E-state index in [1.807, 2.05) is 6.08 Å². The van der Waals surface area contributed by atoms with Crippen LogP contribution in [0, 0.1) is 0 Å². The second-order valence-electron chi connectivity index (χ2n) is 4.35. The van der Waals surface area contributed by atoms with Gasteiger partial charge in [0.25, 0.3) is 0 Å². The van der Waals surface area contributed by atoms with Gasteiger partial charge in [0.2, 0.25) is 0 Å². The predicted octanol–water partition coefficient (Wildman–Crippen LogP) is 3.10. The summed E-state index contributed by atoms with van der Waals surface area (Å²) < 4.78 is 11.3. The highest BCUT2D eigenvalue weighted by atomic mass is 28.4. The molecular formula is C10H22O2Si. The third-order valence-corrected chi connectivity index (χ3v) is 7.34. The molecule has 0 N–H and O–H groups in total. The van der Waals surface area contributed by atoms with Crippen LogP contribution in [-0.4, -0.2) is 22.8 Å². The van der Waals surface area contributed by atoms with Crippen LogP contribution in [0.4, 0.5) is 0 Å². The molecule has 0 aromatic rings. The first-order valence-electron chi connectivity index (χ1n) is 4.58. The van der Waals surface area contributed by atoms with Crippen molar-refractivity contribution >= 4 is 8.56 Å². The number of hydrogen-bond donors (Lipinski definition) is 0. The maximum Gasteiger partial charge on any atom is 0.350 e. The fourth-order valence-corrected chi connectivity index (χ4v) is 5.72. The van der Waals surface area contributed by atoms with E-state index in [0.717, 1.165) is 0 Å². The maximum absolute atomic E-state index is 5.65. The monoisotopic (exact) mass is 202 g/mol. The maximum atomic E-state index is 5.65. The first kappa shape index (κ1) is 12.9. The fraction of sp³-hybridized carbons (Fsp3) is 0.800. The summed E-state index contributed by atoms with van der Waals surface area (Å²) in [6, 6.07) is 0. The molecule has 0 aromatic heterocycles. The lowest BCUT2D eigenvalue weighted by molar-refractivity contribution is 0.208. The van der Waals surface area contributed by atoms with Crippen LogP contribution in [-0.2, 0) is 8.85 Å². The van der Waals surface area contributed by atoms with Gasteiger partial charge >= 0.3 is 8.56 Å². The van der Waals surface area contributed by atoms with Gasteiger partial charge in [-0.3, -0.25) is 0 Å². The summed E-state index contributed by atoms with van der Waals surface area (Å²) in [6.45, 7) is 12.4. The zero-order valence-electron chi connectivity index (χ0n) is 9.68. The summed E-state index contributed by atoms with van der Waals surface area (Å²) in [6.07, 6.45) is 1.92. The Kier molecular flexibility index (Phi) is 4.36. The molecule has 0 bridgehead atoms. The Labute approximate surface area is 83.2 Å². The van der Waals surface area contributed by atoms with Crippen LogP contribution < -0.4 is 0 Å². The molecule has 3 heteroatoms. The molecule has 0 amide bonds. The van der Waals surface area contributed by atoms with Crippen molar-refractivity contribution in [3.8, 4) is 0 Å². The zero-order valence-corrected chi connectivity index (χ0v) is 10.7. The van der Waals surface area contributed by atoms with Crippen LogP contribution in [0.2, 0.25) is 10.6 Å². The van der Waals surface area contributed by atoms with Gasteiger partial charge < -0.3 is 8.85 Å². The molecule has 0 saturated heterocycles. The summed E-state index contributed by atoms with van der Waals surface area (Å²) in [5, 5.41) is 0.0596. The Morgan fingerprint density at radius 2 is 1.62 bits per heavy atom. The van der Waals surface area contributed by atoms with Gasteiger partial charge in [0, 0.05) is 24.8 Å². The smallest absolute Gasteiger partial charge is 0.350 e. The molecule has 0 saturated carbocycles. The molecular weight excluding hydrogens is 180 g/mol. The number of allylic oxidation sites excluding steroid dienone is 1. The van der Waals surface area contributed by atoms with Crippen LogP contribution in [0.25, 0.3) is 0 Å². The van der Waals surface area contributed by atoms with E-state index in [4.69, 9.17) is 8.85 Å². The molecule has 0 aromatic carbocycles. The predicted molar refractivity (Wildman–Crippen MR) is 59.1 cm³/mol. The Balaban J connectivity index is 5.02. The van der Waals surface area contributed by atoms with E-state index in [0.29, 0.717) is 5.54 Å². The summed E-state index contributed by atoms with van der Waals surface area (Å²) in [7, 11) is 1.31. The molecule has 0 aliphatic rings. The number of rotatable bonds is 4. The van der Waals surface area contributed by atoms with Crippen molar-refractivity contribution in [2.45, 2.75) is 38.3 Å². The van der Waals surface area contributed by atoms with E-state index in [1.165, 1.54) is 0 Å². The highest BCUT2D eigenvalue weighted by Crippen LogP contribution is 2.44. The molecule has 0 spiro atoms. The first-order chi connectivity index (χ1) is 5.85. The lowest BCUT2D eigenvalue weighted by atomic mass is 10.2. The summed E-state index contributed by atoms with van der Waals surface area (Å²) in [5.41, 5.74) is 0.294. The van der Waals surface area contributed by atoms with Gasteiger partial charge in [0.05, 0.1) is 0 Å². The van der Waals surface area contributed by atoms with E-state index in [1.54, 1.807) is 14.2 Å². The van der Waals surface area contributed by atoms with Crippen LogP contribution in [0.3, 0.4) is 0 Å². The molecule has 0 aliphatic carbocycles. The molecule has 0 rings (SSSR count). The molecule has 1 unspecified atom stereocenters. The largest absolute Gasteiger partial charge is 0.397 e. The Bertz CT molecular complexity index is 168. The van der Waals surface area contributed by atoms with E-state index in [9.17, 15) is 0 Å². The van der Waals surface area contributed by atoms with Gasteiger partial charge in [-0.25, -0.2) is 0 Å². The van der Waals surface area contributed by atoms with Crippen LogP contribution in [0.15, 0.2) is 12.7 Å². The van der Waals surface area contributed by atoms with Crippen molar-refractivity contribution in [3.05, 3.63) is 12.7 Å². The van der Waals surface area contributed by atoms with Crippen molar-refractivity contribution in [1.29, 1.82) is 0 Å². The van der Waals surface area contributed by atoms with Crippen molar-refractivity contribution in [2.75, 3.05) is 14.2 Å². The Morgan fingerprint density at radius 3 is 1.69 bits per heavy atom. The van der Waals surface area contributed by atoms with E-state index >= 15 is 0 Å². The second-order valence-corrected chi connectivity index (χ2v) is 8.91. The molecule has 0 fully saturated rings. The molecule has 0 radical (unpaired) electrons. The lowest BCUT2D eigenvalue weighted by Crippen LogP contribution is -2.51. The molecule has 2 nitrogen and oxygen atoms in total. The Hall–Kier alpha value is -0.123. The van der Waals surface area contributed by atoms with Crippen LogP contribution >= 0.6 is 0 Å². The topological polar surface area (TPSA) is 18.5 Å². The van der Waals surface area contributed by atoms with Gasteiger partial charge in [-0.1, -0.05) is 33.8 Å². The van der Waals surface area contributed by atoms with Crippen molar-refractivity contribution in [3.63, 3.8) is 0 Å². The van der Waals surface area contributed by atoms with Gasteiger partial charge in [-0.05, 0) is 0 Å². The standard InChI is InChI=1S/C10H22O2Si/c1-8-9(2)13(11-6,12-7)10(3,4)5/h8-9H,1H2,2-7H3. The summed E-state index contributed by atoms with van der Waals surface area (Å²) in [5.74, 6) is 0. The molecule has 78 valence electrons. The fourth-order valence-electron chi connectivity index (χ4n) is 1.91. The van der Waals surface area contributed by atoms with Gasteiger partial charge in [-0.2, -0.15) is 0 Å². The minimum absolute atomic E-state index is 0.0596. The molecule has 0 heterocycles. The minimum atomic E-state index is -2.17. The average Bonchev–Trinajstić information content (AvgIpc) is 2.04. The third-order valence-electron chi connectivity index (χ3n) is 2.60. The third kappa shape index (κ3) is 2.21. The van der Waals surface area contributed by atoms with E-state index < -0.39 is 8.56 Å². The highest BCUT2D eigenvalue weighted by Gasteiger charge is 2.51. The molecule has 13 heavy (non-hydrogen) atoms. The van der Waals surface area contributed by atoms with Crippen molar-refractivity contribution in [1.82, 2.24) is 0 Å². The minimum Gasteiger partial charge on any atom is -0.397 e. The molecule has 0 aliphatic heterocycles.